The fourth-order valence-corrected chi connectivity index (χ4v) is 2.06. The fourth-order valence-electron chi connectivity index (χ4n) is 2.06. The largest absolute Gasteiger partial charge is 0.490 e. The highest BCUT2D eigenvalue weighted by molar-refractivity contribution is 5.85. The minimum Gasteiger partial charge on any atom is -0.490 e. The number of methoxy groups -OCH3 is 1. The van der Waals surface area contributed by atoms with Gasteiger partial charge in [-0.15, -0.1) is 0 Å². The van der Waals surface area contributed by atoms with Gasteiger partial charge in [0.2, 0.25) is 0 Å². The molecule has 12 heteroatoms. The smallest absolute Gasteiger partial charge is 0.373 e. The Morgan fingerprint density at radius 1 is 0.529 bits per heavy atom. The molecule has 0 atom stereocenters. The van der Waals surface area contributed by atoms with Crippen LogP contribution in [-0.2, 0) is 52.2 Å². The number of esters is 1. The number of aliphatic hydroxyl groups excluding tert-OH is 1. The van der Waals surface area contributed by atoms with Crippen molar-refractivity contribution in [2.75, 3.05) is 126 Å². The van der Waals surface area contributed by atoms with E-state index in [1.54, 1.807) is 0 Å². The summed E-state index contributed by atoms with van der Waals surface area (Å²) in [7, 11) is 1.35. The van der Waals surface area contributed by atoms with Gasteiger partial charge >= 0.3 is 5.97 Å². The molecule has 0 amide bonds. The molecule has 34 heavy (non-hydrogen) atoms. The molecule has 0 rings (SSSR count). The molecule has 0 aliphatic rings. The van der Waals surface area contributed by atoms with E-state index in [1.807, 2.05) is 0 Å². The summed E-state index contributed by atoms with van der Waals surface area (Å²) in [6.07, 6.45) is 0. The van der Waals surface area contributed by atoms with E-state index in [-0.39, 0.29) is 25.6 Å². The van der Waals surface area contributed by atoms with E-state index < -0.39 is 5.97 Å². The summed E-state index contributed by atoms with van der Waals surface area (Å²) in [4.78, 5) is 11.2. The Kier molecular flexibility index (Phi) is 26.8. The highest BCUT2D eigenvalue weighted by Gasteiger charge is 2.07. The molecule has 202 valence electrons. The zero-order valence-electron chi connectivity index (χ0n) is 20.4. The normalized spacial score (nSPS) is 11.0. The van der Waals surface area contributed by atoms with E-state index in [9.17, 15) is 4.79 Å². The van der Waals surface area contributed by atoms with Gasteiger partial charge in [0.25, 0.3) is 0 Å². The Labute approximate surface area is 202 Å². The number of ether oxygens (including phenoxy) is 10. The molecule has 12 nitrogen and oxygen atoms in total. The summed E-state index contributed by atoms with van der Waals surface area (Å²) in [6, 6.07) is 0. The molecule has 0 aromatic carbocycles. The summed E-state index contributed by atoms with van der Waals surface area (Å²) in [6.45, 7) is 10.8. The quantitative estimate of drug-likeness (QED) is 0.0664. The Bertz CT molecular complexity index is 450. The van der Waals surface area contributed by atoms with Crippen molar-refractivity contribution in [2.24, 2.45) is 0 Å². The predicted molar refractivity (Wildman–Crippen MR) is 121 cm³/mol. The van der Waals surface area contributed by atoms with Gasteiger partial charge in [0, 0.05) is 0 Å². The first-order chi connectivity index (χ1) is 16.7. The van der Waals surface area contributed by atoms with Crippen LogP contribution in [0.5, 0.6) is 0 Å². The number of hydrogen-bond acceptors (Lipinski definition) is 12. The first kappa shape index (κ1) is 32.7. The van der Waals surface area contributed by atoms with E-state index in [0.717, 1.165) is 0 Å². The van der Waals surface area contributed by atoms with Crippen LogP contribution in [0.4, 0.5) is 0 Å². The van der Waals surface area contributed by atoms with Crippen molar-refractivity contribution in [1.82, 2.24) is 0 Å². The van der Waals surface area contributed by atoms with Crippen LogP contribution >= 0.6 is 0 Å². The number of rotatable bonds is 28. The maximum absolute atomic E-state index is 11.2. The molecule has 0 spiro atoms. The van der Waals surface area contributed by atoms with Crippen LogP contribution < -0.4 is 0 Å². The van der Waals surface area contributed by atoms with E-state index in [2.05, 4.69) is 11.3 Å². The first-order valence-corrected chi connectivity index (χ1v) is 11.3. The molecular weight excluding hydrogens is 456 g/mol. The summed E-state index contributed by atoms with van der Waals surface area (Å²) in [5.41, 5.74) is 0. The van der Waals surface area contributed by atoms with E-state index in [4.69, 9.17) is 47.7 Å². The minimum absolute atomic E-state index is 0.0215. The number of hydrogen-bond donors (Lipinski definition) is 1. The molecule has 1 N–H and O–H groups in total. The van der Waals surface area contributed by atoms with Gasteiger partial charge in [-0.3, -0.25) is 0 Å². The van der Waals surface area contributed by atoms with Gasteiger partial charge in [-0.1, -0.05) is 0 Å². The summed E-state index contributed by atoms with van der Waals surface area (Å²) >= 11 is 0. The molecule has 0 radical (unpaired) electrons. The third-order valence-electron chi connectivity index (χ3n) is 3.77. The standard InChI is InChI=1S/C22H42O12/c1-21(25-2)22(24)34-20-19-33-18-17-32-16-15-31-14-13-30-12-11-29-10-9-28-8-7-27-6-5-26-4-3-23/h23H,1,3-20H2,2H3. The van der Waals surface area contributed by atoms with Crippen molar-refractivity contribution in [3.8, 4) is 0 Å². The van der Waals surface area contributed by atoms with Crippen LogP contribution in [0.15, 0.2) is 12.3 Å². The lowest BCUT2D eigenvalue weighted by Crippen LogP contribution is -2.16. The van der Waals surface area contributed by atoms with Gasteiger partial charge in [0.1, 0.15) is 6.61 Å². The summed E-state index contributed by atoms with van der Waals surface area (Å²) in [5.74, 6) is -0.641. The molecule has 0 aliphatic carbocycles. The van der Waals surface area contributed by atoms with Gasteiger partial charge in [-0.05, 0) is 6.58 Å². The van der Waals surface area contributed by atoms with E-state index >= 15 is 0 Å². The van der Waals surface area contributed by atoms with Crippen molar-refractivity contribution in [3.05, 3.63) is 12.3 Å². The van der Waals surface area contributed by atoms with E-state index in [0.29, 0.717) is 99.1 Å². The molecule has 0 saturated carbocycles. The summed E-state index contributed by atoms with van der Waals surface area (Å²) in [5, 5.41) is 8.54. The van der Waals surface area contributed by atoms with Crippen LogP contribution in [0, 0.1) is 0 Å². The van der Waals surface area contributed by atoms with Crippen molar-refractivity contribution in [2.45, 2.75) is 0 Å². The monoisotopic (exact) mass is 498 g/mol. The molecule has 0 heterocycles. The molecule has 0 aromatic rings. The van der Waals surface area contributed by atoms with Crippen molar-refractivity contribution in [3.63, 3.8) is 0 Å². The number of aliphatic hydroxyl groups is 1. The molecular formula is C22H42O12. The van der Waals surface area contributed by atoms with Gasteiger partial charge in [0.05, 0.1) is 119 Å². The fraction of sp³-hybridized carbons (Fsp3) is 0.864. The van der Waals surface area contributed by atoms with E-state index in [1.165, 1.54) is 7.11 Å². The van der Waals surface area contributed by atoms with Gasteiger partial charge in [0.15, 0.2) is 5.76 Å². The number of carbonyl (C=O) groups excluding carboxylic acids is 1. The maximum Gasteiger partial charge on any atom is 0.373 e. The molecule has 0 bridgehead atoms. The zero-order valence-corrected chi connectivity index (χ0v) is 20.4. The van der Waals surface area contributed by atoms with Crippen LogP contribution in [0.1, 0.15) is 0 Å². The van der Waals surface area contributed by atoms with Crippen LogP contribution in [0.25, 0.3) is 0 Å². The highest BCUT2D eigenvalue weighted by atomic mass is 16.6. The molecule has 0 aromatic heterocycles. The SMILES string of the molecule is C=C(OC)C(=O)OCCOCCOCCOCCOCCOCCOCCOCCOCCO. The Hall–Kier alpha value is -1.35. The number of carbonyl (C=O) groups is 1. The minimum atomic E-state index is -0.600. The third kappa shape index (κ3) is 25.3. The highest BCUT2D eigenvalue weighted by Crippen LogP contribution is 1.94. The molecule has 0 aliphatic heterocycles. The lowest BCUT2D eigenvalue weighted by molar-refractivity contribution is -0.144. The Morgan fingerprint density at radius 2 is 0.794 bits per heavy atom. The topological polar surface area (TPSA) is 130 Å². The third-order valence-corrected chi connectivity index (χ3v) is 3.77. The van der Waals surface area contributed by atoms with Gasteiger partial charge < -0.3 is 52.5 Å². The zero-order chi connectivity index (χ0) is 25.0. The second kappa shape index (κ2) is 27.9. The average Bonchev–Trinajstić information content (AvgIpc) is 2.85. The van der Waals surface area contributed by atoms with Crippen molar-refractivity contribution in [1.29, 1.82) is 0 Å². The van der Waals surface area contributed by atoms with Gasteiger partial charge in [-0.2, -0.15) is 0 Å². The molecule has 0 saturated heterocycles. The van der Waals surface area contributed by atoms with Crippen molar-refractivity contribution >= 4 is 5.97 Å². The average molecular weight is 499 g/mol. The van der Waals surface area contributed by atoms with Gasteiger partial charge in [-0.25, -0.2) is 4.79 Å². The molecule has 0 fully saturated rings. The first-order valence-electron chi connectivity index (χ1n) is 11.3. The van der Waals surface area contributed by atoms with Crippen molar-refractivity contribution < 1.29 is 57.3 Å². The van der Waals surface area contributed by atoms with Crippen LogP contribution in [0.2, 0.25) is 0 Å². The van der Waals surface area contributed by atoms with Crippen LogP contribution in [-0.4, -0.2) is 137 Å². The molecule has 0 unspecified atom stereocenters. The lowest BCUT2D eigenvalue weighted by atomic mass is 10.6. The Balaban J connectivity index is 3.08. The second-order valence-corrected chi connectivity index (χ2v) is 6.39. The van der Waals surface area contributed by atoms with Crippen LogP contribution in [0.3, 0.4) is 0 Å². The summed E-state index contributed by atoms with van der Waals surface area (Å²) < 4.78 is 52.1. The maximum atomic E-state index is 11.2. The lowest BCUT2D eigenvalue weighted by Gasteiger charge is -2.09. The Morgan fingerprint density at radius 3 is 1.06 bits per heavy atom. The second-order valence-electron chi connectivity index (χ2n) is 6.39. The predicted octanol–water partition coefficient (Wildman–Crippen LogP) is -0.185.